The molecule has 0 amide bonds. The molecule has 3 rings (SSSR count). The van der Waals surface area contributed by atoms with Crippen LogP contribution in [0.25, 0.3) is 10.9 Å². The largest absolute Gasteiger partial charge is 0.493 e. The zero-order chi connectivity index (χ0) is 17.5. The third kappa shape index (κ3) is 4.97. The van der Waals surface area contributed by atoms with Crippen molar-refractivity contribution in [1.29, 1.82) is 0 Å². The first-order valence-electron chi connectivity index (χ1n) is 8.50. The molecule has 2 aromatic carbocycles. The highest BCUT2D eigenvalue weighted by molar-refractivity contribution is 6.31. The summed E-state index contributed by atoms with van der Waals surface area (Å²) in [7, 11) is 0. The number of halogens is 2. The predicted octanol–water partition coefficient (Wildman–Crippen LogP) is 4.89. The van der Waals surface area contributed by atoms with E-state index in [9.17, 15) is 4.39 Å². The summed E-state index contributed by atoms with van der Waals surface area (Å²) in [4.78, 5) is 3.28. The van der Waals surface area contributed by atoms with Crippen LogP contribution in [0.5, 0.6) is 5.75 Å². The number of rotatable bonds is 9. The second kappa shape index (κ2) is 8.88. The van der Waals surface area contributed by atoms with E-state index in [0.29, 0.717) is 13.0 Å². The highest BCUT2D eigenvalue weighted by Crippen LogP contribution is 2.22. The fourth-order valence-corrected chi connectivity index (χ4v) is 2.98. The van der Waals surface area contributed by atoms with Crippen molar-refractivity contribution in [3.63, 3.8) is 0 Å². The van der Waals surface area contributed by atoms with E-state index in [1.807, 2.05) is 42.6 Å². The van der Waals surface area contributed by atoms with Gasteiger partial charge in [-0.2, -0.15) is 0 Å². The van der Waals surface area contributed by atoms with Crippen LogP contribution in [0, 0.1) is 0 Å². The van der Waals surface area contributed by atoms with Gasteiger partial charge in [0.15, 0.2) is 0 Å². The Morgan fingerprint density at radius 3 is 2.96 bits per heavy atom. The Balaban J connectivity index is 1.49. The molecule has 0 unspecified atom stereocenters. The molecule has 0 bridgehead atoms. The molecule has 1 heterocycles. The van der Waals surface area contributed by atoms with Crippen molar-refractivity contribution in [3.05, 3.63) is 64.8 Å². The van der Waals surface area contributed by atoms with Crippen molar-refractivity contribution in [1.82, 2.24) is 10.3 Å². The molecule has 0 atom stereocenters. The van der Waals surface area contributed by atoms with Crippen molar-refractivity contribution in [2.75, 3.05) is 19.8 Å². The van der Waals surface area contributed by atoms with Gasteiger partial charge in [0.05, 0.1) is 13.3 Å². The molecular weight excluding hydrogens is 339 g/mol. The molecule has 0 fully saturated rings. The Hall–Kier alpha value is -2.04. The third-order valence-electron chi connectivity index (χ3n) is 4.07. The number of benzene rings is 2. The molecule has 3 aromatic rings. The average Bonchev–Trinajstić information content (AvgIpc) is 3.01. The number of fused-ring (bicyclic) bond motifs is 1. The van der Waals surface area contributed by atoms with E-state index in [2.05, 4.69) is 16.4 Å². The lowest BCUT2D eigenvalue weighted by Gasteiger charge is -2.08. The van der Waals surface area contributed by atoms with Crippen LogP contribution in [-0.4, -0.2) is 24.8 Å². The van der Waals surface area contributed by atoms with Gasteiger partial charge in [-0.3, -0.25) is 4.39 Å². The lowest BCUT2D eigenvalue weighted by molar-refractivity contribution is 0.289. The van der Waals surface area contributed by atoms with Gasteiger partial charge < -0.3 is 15.0 Å². The molecule has 132 valence electrons. The maximum absolute atomic E-state index is 12.1. The number of aromatic amines is 1. The fraction of sp³-hybridized carbons (Fsp3) is 0.300. The van der Waals surface area contributed by atoms with Crippen LogP contribution in [0.4, 0.5) is 4.39 Å². The normalized spacial score (nSPS) is 11.1. The average molecular weight is 361 g/mol. The smallest absolute Gasteiger partial charge is 0.119 e. The molecule has 1 aromatic heterocycles. The Bertz CT molecular complexity index is 818. The maximum Gasteiger partial charge on any atom is 0.119 e. The van der Waals surface area contributed by atoms with Gasteiger partial charge in [-0.25, -0.2) is 0 Å². The molecule has 0 spiro atoms. The van der Waals surface area contributed by atoms with Gasteiger partial charge in [0.1, 0.15) is 5.75 Å². The van der Waals surface area contributed by atoms with Gasteiger partial charge in [0.25, 0.3) is 0 Å². The summed E-state index contributed by atoms with van der Waals surface area (Å²) in [6.07, 6.45) is 3.39. The second-order valence-electron chi connectivity index (χ2n) is 5.97. The standard InChI is InChI=1S/C20H22ClFN2O/c21-17-5-6-20-19(12-17)16(14-24-20)7-9-23-13-15-3-1-4-18(11-15)25-10-2-8-22/h1,3-6,11-12,14,23-24H,2,7-10,13H2. The van der Waals surface area contributed by atoms with Crippen LogP contribution in [0.3, 0.4) is 0 Å². The first kappa shape index (κ1) is 17.8. The fourth-order valence-electron chi connectivity index (χ4n) is 2.80. The van der Waals surface area contributed by atoms with Gasteiger partial charge >= 0.3 is 0 Å². The summed E-state index contributed by atoms with van der Waals surface area (Å²) in [5, 5.41) is 5.39. The van der Waals surface area contributed by atoms with Gasteiger partial charge in [0.2, 0.25) is 0 Å². The van der Waals surface area contributed by atoms with Gasteiger partial charge in [-0.15, -0.1) is 0 Å². The minimum absolute atomic E-state index is 0.347. The van der Waals surface area contributed by atoms with Crippen molar-refractivity contribution < 1.29 is 9.13 Å². The van der Waals surface area contributed by atoms with Gasteiger partial charge in [0, 0.05) is 35.1 Å². The minimum atomic E-state index is -0.347. The first-order valence-corrected chi connectivity index (χ1v) is 8.88. The summed E-state index contributed by atoms with van der Waals surface area (Å²) < 4.78 is 17.6. The van der Waals surface area contributed by atoms with Crippen LogP contribution in [0.1, 0.15) is 17.5 Å². The van der Waals surface area contributed by atoms with Crippen LogP contribution < -0.4 is 10.1 Å². The molecule has 3 nitrogen and oxygen atoms in total. The van der Waals surface area contributed by atoms with Crippen LogP contribution in [-0.2, 0) is 13.0 Å². The zero-order valence-electron chi connectivity index (χ0n) is 14.0. The summed E-state index contributed by atoms with van der Waals surface area (Å²) in [6, 6.07) is 13.8. The van der Waals surface area contributed by atoms with Gasteiger partial charge in [-0.1, -0.05) is 23.7 Å². The predicted molar refractivity (Wildman–Crippen MR) is 101 cm³/mol. The Morgan fingerprint density at radius 1 is 1.16 bits per heavy atom. The maximum atomic E-state index is 12.1. The first-order chi connectivity index (χ1) is 12.3. The van der Waals surface area contributed by atoms with Crippen molar-refractivity contribution in [2.45, 2.75) is 19.4 Å². The number of hydrogen-bond acceptors (Lipinski definition) is 2. The number of H-pyrrole nitrogens is 1. The number of alkyl halides is 1. The summed E-state index contributed by atoms with van der Waals surface area (Å²) in [5.74, 6) is 0.791. The molecule has 2 N–H and O–H groups in total. The van der Waals surface area contributed by atoms with Gasteiger partial charge in [-0.05, 0) is 54.4 Å². The molecule has 0 radical (unpaired) electrons. The minimum Gasteiger partial charge on any atom is -0.493 e. The number of hydrogen-bond donors (Lipinski definition) is 2. The molecule has 5 heteroatoms. The second-order valence-corrected chi connectivity index (χ2v) is 6.41. The lowest BCUT2D eigenvalue weighted by atomic mass is 10.1. The zero-order valence-corrected chi connectivity index (χ0v) is 14.8. The number of nitrogens with one attached hydrogen (secondary N) is 2. The summed E-state index contributed by atoms with van der Waals surface area (Å²) >= 11 is 6.09. The Kier molecular flexibility index (Phi) is 6.31. The lowest BCUT2D eigenvalue weighted by Crippen LogP contribution is -2.16. The third-order valence-corrected chi connectivity index (χ3v) is 4.31. The monoisotopic (exact) mass is 360 g/mol. The molecule has 0 aliphatic rings. The Labute approximate surface area is 152 Å². The topological polar surface area (TPSA) is 37.0 Å². The van der Waals surface area contributed by atoms with Crippen molar-refractivity contribution in [3.8, 4) is 5.75 Å². The highest BCUT2D eigenvalue weighted by atomic mass is 35.5. The molecule has 0 saturated heterocycles. The SMILES string of the molecule is FCCCOc1cccc(CNCCc2c[nH]c3ccc(Cl)cc23)c1. The highest BCUT2D eigenvalue weighted by Gasteiger charge is 2.04. The van der Waals surface area contributed by atoms with E-state index < -0.39 is 0 Å². The van der Waals surface area contributed by atoms with E-state index in [4.69, 9.17) is 16.3 Å². The summed E-state index contributed by atoms with van der Waals surface area (Å²) in [6.45, 7) is 1.70. The van der Waals surface area contributed by atoms with E-state index in [0.717, 1.165) is 41.4 Å². The molecule has 0 saturated carbocycles. The molecular formula is C20H22ClFN2O. The molecule has 25 heavy (non-hydrogen) atoms. The van der Waals surface area contributed by atoms with E-state index in [1.165, 1.54) is 10.9 Å². The van der Waals surface area contributed by atoms with Crippen LogP contribution in [0.15, 0.2) is 48.7 Å². The van der Waals surface area contributed by atoms with E-state index >= 15 is 0 Å². The number of aromatic nitrogens is 1. The molecule has 0 aliphatic heterocycles. The number of ether oxygens (including phenoxy) is 1. The molecule has 0 aliphatic carbocycles. The van der Waals surface area contributed by atoms with Crippen LogP contribution >= 0.6 is 11.6 Å². The van der Waals surface area contributed by atoms with Crippen LogP contribution in [0.2, 0.25) is 5.02 Å². The Morgan fingerprint density at radius 2 is 2.08 bits per heavy atom. The van der Waals surface area contributed by atoms with Crippen molar-refractivity contribution >= 4 is 22.5 Å². The van der Waals surface area contributed by atoms with E-state index in [1.54, 1.807) is 0 Å². The van der Waals surface area contributed by atoms with E-state index in [-0.39, 0.29) is 6.67 Å². The van der Waals surface area contributed by atoms with Crippen molar-refractivity contribution in [2.24, 2.45) is 0 Å². The quantitative estimate of drug-likeness (QED) is 0.533. The summed E-state index contributed by atoms with van der Waals surface area (Å²) in [5.41, 5.74) is 3.52.